The summed E-state index contributed by atoms with van der Waals surface area (Å²) in [6.45, 7) is 8.63. The summed E-state index contributed by atoms with van der Waals surface area (Å²) in [5.74, 6) is -0.309. The summed E-state index contributed by atoms with van der Waals surface area (Å²) in [6.07, 6.45) is 1.08. The summed E-state index contributed by atoms with van der Waals surface area (Å²) in [7, 11) is 0. The van der Waals surface area contributed by atoms with E-state index in [9.17, 15) is 14.3 Å². The Balaban J connectivity index is 2.01. The van der Waals surface area contributed by atoms with Crippen molar-refractivity contribution in [3.05, 3.63) is 29.6 Å². The molecule has 0 bridgehead atoms. The second-order valence-corrected chi connectivity index (χ2v) is 6.67. The molecule has 1 unspecified atom stereocenters. The number of ketones is 1. The highest BCUT2D eigenvalue weighted by molar-refractivity contribution is 6.00. The van der Waals surface area contributed by atoms with Gasteiger partial charge in [0.1, 0.15) is 11.6 Å². The summed E-state index contributed by atoms with van der Waals surface area (Å²) in [6, 6.07) is 3.48. The fourth-order valence-corrected chi connectivity index (χ4v) is 2.70. The van der Waals surface area contributed by atoms with Gasteiger partial charge in [-0.3, -0.25) is 9.69 Å². The number of Topliss-reactive ketones (excluding diaryl/α,β-unsaturated/α-hetero) is 1. The van der Waals surface area contributed by atoms with Gasteiger partial charge in [-0.2, -0.15) is 0 Å². The number of nitrogens with zero attached hydrogens (tertiary/aromatic N) is 1. The average molecular weight is 279 g/mol. The monoisotopic (exact) mass is 279 g/mol. The van der Waals surface area contributed by atoms with Crippen molar-refractivity contribution in [1.29, 1.82) is 0 Å². The van der Waals surface area contributed by atoms with Crippen LogP contribution in [-0.2, 0) is 0 Å². The Morgan fingerprint density at radius 2 is 2.15 bits per heavy atom. The standard InChI is InChI=1S/C16H22FNO2/c1-16(2,3)11-6-7-18(9-11)10-15(20)13-8-12(17)4-5-14(13)19/h4-5,8,11,19H,6-7,9-10H2,1-3H3. The van der Waals surface area contributed by atoms with Gasteiger partial charge in [-0.25, -0.2) is 4.39 Å². The zero-order valence-corrected chi connectivity index (χ0v) is 12.3. The first-order valence-corrected chi connectivity index (χ1v) is 7.01. The zero-order valence-electron chi connectivity index (χ0n) is 12.3. The molecule has 3 nitrogen and oxygen atoms in total. The van der Waals surface area contributed by atoms with Gasteiger partial charge >= 0.3 is 0 Å². The van der Waals surface area contributed by atoms with Crippen molar-refractivity contribution >= 4 is 5.78 Å². The van der Waals surface area contributed by atoms with Gasteiger partial charge in [0.05, 0.1) is 12.1 Å². The molecule has 20 heavy (non-hydrogen) atoms. The Morgan fingerprint density at radius 1 is 1.45 bits per heavy atom. The Bertz CT molecular complexity index is 508. The van der Waals surface area contributed by atoms with Crippen molar-refractivity contribution in [3.8, 4) is 5.75 Å². The van der Waals surface area contributed by atoms with Crippen LogP contribution in [0.5, 0.6) is 5.75 Å². The maximum Gasteiger partial charge on any atom is 0.180 e. The SMILES string of the molecule is CC(C)(C)C1CCN(CC(=O)c2cc(F)ccc2O)C1. The van der Waals surface area contributed by atoms with Crippen LogP contribution in [-0.4, -0.2) is 35.4 Å². The van der Waals surface area contributed by atoms with Crippen LogP contribution < -0.4 is 0 Å². The van der Waals surface area contributed by atoms with Crippen LogP contribution in [0.2, 0.25) is 0 Å². The molecule has 110 valence electrons. The summed E-state index contributed by atoms with van der Waals surface area (Å²) < 4.78 is 13.2. The minimum absolute atomic E-state index is 0.0733. The lowest BCUT2D eigenvalue weighted by atomic mass is 9.80. The molecule has 1 N–H and O–H groups in total. The fourth-order valence-electron chi connectivity index (χ4n) is 2.70. The van der Waals surface area contributed by atoms with E-state index in [0.29, 0.717) is 5.92 Å². The van der Waals surface area contributed by atoms with Gasteiger partial charge in [-0.15, -0.1) is 0 Å². The minimum Gasteiger partial charge on any atom is -0.507 e. The van der Waals surface area contributed by atoms with Crippen LogP contribution in [0, 0.1) is 17.2 Å². The second-order valence-electron chi connectivity index (χ2n) is 6.67. The lowest BCUT2D eigenvalue weighted by molar-refractivity contribution is 0.0935. The Hall–Kier alpha value is -1.42. The van der Waals surface area contributed by atoms with E-state index in [1.807, 2.05) is 0 Å². The van der Waals surface area contributed by atoms with E-state index in [2.05, 4.69) is 25.7 Å². The molecule has 1 aliphatic heterocycles. The molecule has 1 saturated heterocycles. The first kappa shape index (κ1) is 15.0. The van der Waals surface area contributed by atoms with Gasteiger partial charge in [0, 0.05) is 6.54 Å². The predicted octanol–water partition coefficient (Wildman–Crippen LogP) is 3.08. The molecule has 1 fully saturated rings. The molecule has 0 aromatic heterocycles. The van der Waals surface area contributed by atoms with Crippen molar-refractivity contribution in [2.24, 2.45) is 11.3 Å². The number of aromatic hydroxyl groups is 1. The molecular formula is C16H22FNO2. The van der Waals surface area contributed by atoms with Gasteiger partial charge in [-0.05, 0) is 42.5 Å². The van der Waals surface area contributed by atoms with Crippen LogP contribution in [0.3, 0.4) is 0 Å². The highest BCUT2D eigenvalue weighted by atomic mass is 19.1. The van der Waals surface area contributed by atoms with E-state index in [-0.39, 0.29) is 29.1 Å². The lowest BCUT2D eigenvalue weighted by Crippen LogP contribution is -2.30. The molecule has 1 heterocycles. The molecule has 0 saturated carbocycles. The van der Waals surface area contributed by atoms with E-state index < -0.39 is 5.82 Å². The van der Waals surface area contributed by atoms with Crippen molar-refractivity contribution < 1.29 is 14.3 Å². The Morgan fingerprint density at radius 3 is 2.75 bits per heavy atom. The number of benzene rings is 1. The van der Waals surface area contributed by atoms with Crippen LogP contribution in [0.25, 0.3) is 0 Å². The number of phenols is 1. The van der Waals surface area contributed by atoms with Crippen LogP contribution in [0.1, 0.15) is 37.6 Å². The normalized spacial score (nSPS) is 20.3. The predicted molar refractivity (Wildman–Crippen MR) is 76.4 cm³/mol. The van der Waals surface area contributed by atoms with Gasteiger partial charge in [0.2, 0.25) is 0 Å². The van der Waals surface area contributed by atoms with Gasteiger partial charge in [-0.1, -0.05) is 20.8 Å². The second kappa shape index (κ2) is 5.52. The van der Waals surface area contributed by atoms with Crippen LogP contribution in [0.4, 0.5) is 4.39 Å². The summed E-state index contributed by atoms with van der Waals surface area (Å²) in [5, 5.41) is 9.65. The van der Waals surface area contributed by atoms with Gasteiger partial charge in [0.25, 0.3) is 0 Å². The van der Waals surface area contributed by atoms with Crippen molar-refractivity contribution in [1.82, 2.24) is 4.90 Å². The molecule has 0 spiro atoms. The third-order valence-electron chi connectivity index (χ3n) is 4.12. The zero-order chi connectivity index (χ0) is 14.9. The minimum atomic E-state index is -0.500. The van der Waals surface area contributed by atoms with E-state index in [1.54, 1.807) is 0 Å². The number of carbonyl (C=O) groups excluding carboxylic acids is 1. The number of halogens is 1. The molecule has 1 atom stereocenters. The largest absolute Gasteiger partial charge is 0.507 e. The summed E-state index contributed by atoms with van der Waals surface area (Å²) >= 11 is 0. The fraction of sp³-hybridized carbons (Fsp3) is 0.562. The number of phenolic OH excluding ortho intramolecular Hbond substituents is 1. The Kier molecular flexibility index (Phi) is 4.14. The van der Waals surface area contributed by atoms with E-state index in [0.717, 1.165) is 31.6 Å². The Labute approximate surface area is 119 Å². The van der Waals surface area contributed by atoms with Crippen LogP contribution >= 0.6 is 0 Å². The van der Waals surface area contributed by atoms with E-state index >= 15 is 0 Å². The van der Waals surface area contributed by atoms with Gasteiger partial charge < -0.3 is 5.11 Å². The molecule has 1 aromatic rings. The highest BCUT2D eigenvalue weighted by Gasteiger charge is 2.32. The molecule has 2 rings (SSSR count). The van der Waals surface area contributed by atoms with Crippen molar-refractivity contribution in [2.45, 2.75) is 27.2 Å². The lowest BCUT2D eigenvalue weighted by Gasteiger charge is -2.27. The number of hydrogen-bond acceptors (Lipinski definition) is 3. The number of likely N-dealkylation sites (tertiary alicyclic amines) is 1. The molecule has 0 radical (unpaired) electrons. The van der Waals surface area contributed by atoms with Crippen molar-refractivity contribution in [2.75, 3.05) is 19.6 Å². The number of hydrogen-bond donors (Lipinski definition) is 1. The molecular weight excluding hydrogens is 257 g/mol. The quantitative estimate of drug-likeness (QED) is 0.864. The van der Waals surface area contributed by atoms with E-state index in [4.69, 9.17) is 0 Å². The smallest absolute Gasteiger partial charge is 0.180 e. The van der Waals surface area contributed by atoms with Crippen LogP contribution in [0.15, 0.2) is 18.2 Å². The molecule has 1 aromatic carbocycles. The molecule has 1 aliphatic rings. The highest BCUT2D eigenvalue weighted by Crippen LogP contribution is 2.33. The van der Waals surface area contributed by atoms with Crippen molar-refractivity contribution in [3.63, 3.8) is 0 Å². The average Bonchev–Trinajstić information content (AvgIpc) is 2.80. The number of carbonyl (C=O) groups is 1. The third kappa shape index (κ3) is 3.37. The summed E-state index contributed by atoms with van der Waals surface area (Å²) in [4.78, 5) is 14.2. The first-order valence-electron chi connectivity index (χ1n) is 7.01. The maximum atomic E-state index is 13.2. The third-order valence-corrected chi connectivity index (χ3v) is 4.12. The number of rotatable bonds is 3. The maximum absolute atomic E-state index is 13.2. The topological polar surface area (TPSA) is 40.5 Å². The molecule has 0 aliphatic carbocycles. The van der Waals surface area contributed by atoms with Gasteiger partial charge in [0.15, 0.2) is 5.78 Å². The molecule has 4 heteroatoms. The summed E-state index contributed by atoms with van der Waals surface area (Å²) in [5.41, 5.74) is 0.308. The molecule has 0 amide bonds. The van der Waals surface area contributed by atoms with E-state index in [1.165, 1.54) is 6.07 Å². The first-order chi connectivity index (χ1) is 9.27.